The Bertz CT molecular complexity index is 1150. The van der Waals surface area contributed by atoms with Crippen molar-refractivity contribution in [2.75, 3.05) is 41.0 Å². The number of hydrazone groups is 1. The van der Waals surface area contributed by atoms with E-state index in [2.05, 4.69) is 31.3 Å². The number of hydrogen-bond donors (Lipinski definition) is 1. The smallest absolute Gasteiger partial charge is 0.318 e. The molecule has 0 bridgehead atoms. The normalized spacial score (nSPS) is 15.0. The van der Waals surface area contributed by atoms with E-state index in [0.29, 0.717) is 24.5 Å². The molecule has 9 heteroatoms. The van der Waals surface area contributed by atoms with Crippen molar-refractivity contribution in [2.24, 2.45) is 5.10 Å². The fourth-order valence-corrected chi connectivity index (χ4v) is 4.18. The van der Waals surface area contributed by atoms with Gasteiger partial charge in [-0.2, -0.15) is 5.10 Å². The van der Waals surface area contributed by atoms with Gasteiger partial charge in [-0.3, -0.25) is 4.79 Å². The maximum Gasteiger partial charge on any atom is 0.318 e. The Morgan fingerprint density at radius 1 is 1.05 bits per heavy atom. The van der Waals surface area contributed by atoms with Crippen molar-refractivity contribution in [3.8, 4) is 11.5 Å². The second-order valence-electron chi connectivity index (χ2n) is 9.44. The lowest BCUT2D eigenvalue weighted by Gasteiger charge is -2.28. The van der Waals surface area contributed by atoms with Gasteiger partial charge in [0.05, 0.1) is 32.6 Å². The predicted molar refractivity (Wildman–Crippen MR) is 143 cm³/mol. The zero-order valence-electron chi connectivity index (χ0n) is 22.8. The molecule has 9 nitrogen and oxygen atoms in total. The number of urea groups is 1. The van der Waals surface area contributed by atoms with Gasteiger partial charge in [0.25, 0.3) is 5.91 Å². The van der Waals surface area contributed by atoms with Gasteiger partial charge >= 0.3 is 6.03 Å². The van der Waals surface area contributed by atoms with Crippen molar-refractivity contribution < 1.29 is 23.8 Å². The van der Waals surface area contributed by atoms with Crippen molar-refractivity contribution in [3.63, 3.8) is 0 Å². The molecule has 1 atom stereocenters. The first-order valence-corrected chi connectivity index (χ1v) is 12.4. The molecule has 0 fully saturated rings. The molecule has 2 aromatic rings. The highest BCUT2D eigenvalue weighted by Gasteiger charge is 2.35. The first-order valence-electron chi connectivity index (χ1n) is 12.4. The molecule has 3 amide bonds. The molecule has 0 aromatic heterocycles. The average Bonchev–Trinajstić information content (AvgIpc) is 3.32. The van der Waals surface area contributed by atoms with E-state index in [1.54, 1.807) is 21.3 Å². The lowest BCUT2D eigenvalue weighted by Crippen LogP contribution is -2.48. The molecule has 0 radical (unpaired) electrons. The third kappa shape index (κ3) is 6.80. The van der Waals surface area contributed by atoms with Gasteiger partial charge in [0.15, 0.2) is 11.5 Å². The third-order valence-corrected chi connectivity index (χ3v) is 6.39. The summed E-state index contributed by atoms with van der Waals surface area (Å²) in [5, 5.41) is 9.13. The summed E-state index contributed by atoms with van der Waals surface area (Å²) in [7, 11) is 4.73. The molecule has 0 saturated carbocycles. The number of aryl methyl sites for hydroxylation is 2. The molecule has 37 heavy (non-hydrogen) atoms. The minimum Gasteiger partial charge on any atom is -0.493 e. The van der Waals surface area contributed by atoms with Crippen molar-refractivity contribution in [2.45, 2.75) is 46.2 Å². The Morgan fingerprint density at radius 3 is 2.41 bits per heavy atom. The SMILES string of the molecule is COCCN(CC(=O)N1N=C(c2ccc(C)c(C)c2)C[C@@H]1c1ccc(OC)c(OC)c1)C(=O)NC(C)C. The summed E-state index contributed by atoms with van der Waals surface area (Å²) < 4.78 is 16.1. The van der Waals surface area contributed by atoms with Crippen LogP contribution in [-0.2, 0) is 9.53 Å². The molecule has 2 aromatic carbocycles. The van der Waals surface area contributed by atoms with Crippen molar-refractivity contribution in [1.29, 1.82) is 0 Å². The number of amides is 3. The number of rotatable bonds is 10. The summed E-state index contributed by atoms with van der Waals surface area (Å²) in [6, 6.07) is 11.1. The highest BCUT2D eigenvalue weighted by atomic mass is 16.5. The summed E-state index contributed by atoms with van der Waals surface area (Å²) in [4.78, 5) is 27.9. The highest BCUT2D eigenvalue weighted by Crippen LogP contribution is 2.37. The van der Waals surface area contributed by atoms with Crippen molar-refractivity contribution in [3.05, 3.63) is 58.7 Å². The van der Waals surface area contributed by atoms with E-state index in [-0.39, 0.29) is 37.1 Å². The lowest BCUT2D eigenvalue weighted by atomic mass is 9.96. The number of nitrogens with zero attached hydrogens (tertiary/aromatic N) is 3. The molecule has 0 aliphatic carbocycles. The standard InChI is InChI=1S/C28H38N4O5/c1-18(2)29-28(34)31(12-13-35-5)17-27(33)32-24(22-10-11-25(36-6)26(15-22)37-7)16-23(30-32)21-9-8-19(3)20(4)14-21/h8-11,14-15,18,24H,12-13,16-17H2,1-7H3,(H,29,34)/t24-/m1/s1. The van der Waals surface area contributed by atoms with Gasteiger partial charge in [-0.25, -0.2) is 9.80 Å². The van der Waals surface area contributed by atoms with Gasteiger partial charge in [-0.15, -0.1) is 0 Å². The maximum absolute atomic E-state index is 13.7. The molecule has 1 aliphatic heterocycles. The Hall–Kier alpha value is -3.59. The fourth-order valence-electron chi connectivity index (χ4n) is 4.18. The van der Waals surface area contributed by atoms with E-state index in [4.69, 9.17) is 19.3 Å². The number of benzene rings is 2. The topological polar surface area (TPSA) is 92.7 Å². The predicted octanol–water partition coefficient (Wildman–Crippen LogP) is 4.06. The van der Waals surface area contributed by atoms with Crippen LogP contribution in [-0.4, -0.2) is 74.6 Å². The molecule has 0 unspecified atom stereocenters. The Morgan fingerprint density at radius 2 is 1.78 bits per heavy atom. The van der Waals surface area contributed by atoms with Crippen LogP contribution in [0.15, 0.2) is 41.5 Å². The molecule has 1 aliphatic rings. The van der Waals surface area contributed by atoms with Crippen LogP contribution >= 0.6 is 0 Å². The van der Waals surface area contributed by atoms with E-state index >= 15 is 0 Å². The summed E-state index contributed by atoms with van der Waals surface area (Å²) in [6.45, 7) is 8.34. The minimum atomic E-state index is -0.360. The quantitative estimate of drug-likeness (QED) is 0.520. The molecule has 200 valence electrons. The van der Waals surface area contributed by atoms with Crippen LogP contribution in [0.2, 0.25) is 0 Å². The van der Waals surface area contributed by atoms with Gasteiger partial charge in [-0.05, 0) is 68.1 Å². The monoisotopic (exact) mass is 510 g/mol. The Kier molecular flexibility index (Phi) is 9.52. The number of ether oxygens (including phenoxy) is 3. The van der Waals surface area contributed by atoms with E-state index in [9.17, 15) is 9.59 Å². The first-order chi connectivity index (χ1) is 17.7. The Balaban J connectivity index is 1.96. The third-order valence-electron chi connectivity index (χ3n) is 6.39. The first kappa shape index (κ1) is 28.0. The van der Waals surface area contributed by atoms with Crippen LogP contribution in [0.5, 0.6) is 11.5 Å². The number of nitrogens with one attached hydrogen (secondary N) is 1. The lowest BCUT2D eigenvalue weighted by molar-refractivity contribution is -0.133. The van der Waals surface area contributed by atoms with Crippen LogP contribution in [0.1, 0.15) is 48.6 Å². The number of carbonyl (C=O) groups is 2. The summed E-state index contributed by atoms with van der Waals surface area (Å²) >= 11 is 0. The van der Waals surface area contributed by atoms with Gasteiger partial charge in [0, 0.05) is 26.1 Å². The van der Waals surface area contributed by atoms with Gasteiger partial charge < -0.3 is 24.4 Å². The number of carbonyl (C=O) groups excluding carboxylic acids is 2. The summed E-state index contributed by atoms with van der Waals surface area (Å²) in [5.74, 6) is 0.896. The van der Waals surface area contributed by atoms with Crippen molar-refractivity contribution in [1.82, 2.24) is 15.2 Å². The van der Waals surface area contributed by atoms with E-state index in [1.165, 1.54) is 15.5 Å². The summed E-state index contributed by atoms with van der Waals surface area (Å²) in [5.41, 5.74) is 4.99. The molecule has 0 saturated heterocycles. The van der Waals surface area contributed by atoms with Crippen LogP contribution in [0.4, 0.5) is 4.79 Å². The zero-order valence-corrected chi connectivity index (χ0v) is 22.8. The molecular formula is C28H38N4O5. The molecular weight excluding hydrogens is 472 g/mol. The fraction of sp³-hybridized carbons (Fsp3) is 0.464. The number of methoxy groups -OCH3 is 3. The molecule has 1 N–H and O–H groups in total. The second-order valence-corrected chi connectivity index (χ2v) is 9.44. The molecule has 0 spiro atoms. The van der Waals surface area contributed by atoms with Gasteiger partial charge in [-0.1, -0.05) is 18.2 Å². The van der Waals surface area contributed by atoms with E-state index in [1.807, 2.05) is 38.1 Å². The Labute approximate surface area is 219 Å². The van der Waals surface area contributed by atoms with Gasteiger partial charge in [0.1, 0.15) is 6.54 Å². The number of hydrogen-bond acceptors (Lipinski definition) is 6. The largest absolute Gasteiger partial charge is 0.493 e. The van der Waals surface area contributed by atoms with Crippen LogP contribution < -0.4 is 14.8 Å². The average molecular weight is 511 g/mol. The van der Waals surface area contributed by atoms with Crippen LogP contribution in [0.25, 0.3) is 0 Å². The highest BCUT2D eigenvalue weighted by molar-refractivity contribution is 6.03. The van der Waals surface area contributed by atoms with E-state index < -0.39 is 0 Å². The zero-order chi connectivity index (χ0) is 27.1. The van der Waals surface area contributed by atoms with Crippen LogP contribution in [0.3, 0.4) is 0 Å². The maximum atomic E-state index is 13.7. The van der Waals surface area contributed by atoms with Crippen LogP contribution in [0, 0.1) is 13.8 Å². The summed E-state index contributed by atoms with van der Waals surface area (Å²) in [6.07, 6.45) is 0.528. The second kappa shape index (κ2) is 12.6. The minimum absolute atomic E-state index is 0.0617. The van der Waals surface area contributed by atoms with E-state index in [0.717, 1.165) is 22.4 Å². The molecule has 1 heterocycles. The van der Waals surface area contributed by atoms with Crippen molar-refractivity contribution >= 4 is 17.6 Å². The molecule has 3 rings (SSSR count). The van der Waals surface area contributed by atoms with Gasteiger partial charge in [0.2, 0.25) is 0 Å².